The largest absolute Gasteiger partial charge is 0.370 e. The second-order valence-corrected chi connectivity index (χ2v) is 8.80. The zero-order valence-corrected chi connectivity index (χ0v) is 17.6. The Morgan fingerprint density at radius 1 is 1.09 bits per heavy atom. The standard InChI is InChI=1S/C24H24N4O4/c1-13-7-8-16-15(11-13)24(23(32)26-16)20-19(17(27-24)12-18(25)29)21(30)28(22(20)31)10-9-14-5-3-2-4-6-14/h2-8,11,17,19-20,27H,9-10,12H2,1H3,(H2,25,29)(H,26,32)/t17-,19-,20-,24-/m1/s1. The predicted molar refractivity (Wildman–Crippen MR) is 116 cm³/mol. The molecule has 4 atom stereocenters. The van der Waals surface area contributed by atoms with Crippen molar-refractivity contribution in [3.05, 3.63) is 65.2 Å². The molecule has 8 heteroatoms. The molecule has 4 amide bonds. The number of amides is 4. The van der Waals surface area contributed by atoms with Gasteiger partial charge in [-0.2, -0.15) is 0 Å². The fraction of sp³-hybridized carbons (Fsp3) is 0.333. The maximum atomic E-state index is 13.6. The van der Waals surface area contributed by atoms with Crippen molar-refractivity contribution in [2.45, 2.75) is 31.3 Å². The number of imide groups is 1. The molecular weight excluding hydrogens is 408 g/mol. The second kappa shape index (κ2) is 7.27. The van der Waals surface area contributed by atoms with Crippen LogP contribution in [0.5, 0.6) is 0 Å². The van der Waals surface area contributed by atoms with E-state index in [1.807, 2.05) is 49.4 Å². The number of likely N-dealkylation sites (tertiary alicyclic amines) is 1. The van der Waals surface area contributed by atoms with E-state index in [1.165, 1.54) is 4.90 Å². The number of hydrogen-bond acceptors (Lipinski definition) is 5. The monoisotopic (exact) mass is 432 g/mol. The van der Waals surface area contributed by atoms with Crippen molar-refractivity contribution in [2.24, 2.45) is 17.6 Å². The number of nitrogens with two attached hydrogens (primary N) is 1. The minimum absolute atomic E-state index is 0.136. The lowest BCUT2D eigenvalue weighted by atomic mass is 9.76. The third-order valence-electron chi connectivity index (χ3n) is 6.85. The van der Waals surface area contributed by atoms with Gasteiger partial charge in [-0.15, -0.1) is 0 Å². The molecule has 2 fully saturated rings. The van der Waals surface area contributed by atoms with E-state index >= 15 is 0 Å². The van der Waals surface area contributed by atoms with Crippen molar-refractivity contribution >= 4 is 29.3 Å². The molecule has 32 heavy (non-hydrogen) atoms. The first kappa shape index (κ1) is 20.4. The number of carbonyl (C=O) groups excluding carboxylic acids is 4. The van der Waals surface area contributed by atoms with Crippen molar-refractivity contribution in [1.29, 1.82) is 0 Å². The first-order valence-corrected chi connectivity index (χ1v) is 10.7. The normalized spacial score (nSPS) is 28.2. The molecule has 1 spiro atoms. The third kappa shape index (κ3) is 2.86. The molecule has 3 aliphatic heterocycles. The molecule has 0 aromatic heterocycles. The highest BCUT2D eigenvalue weighted by atomic mass is 16.2. The molecule has 3 aliphatic rings. The number of benzene rings is 2. The first-order chi connectivity index (χ1) is 15.3. The maximum absolute atomic E-state index is 13.6. The van der Waals surface area contributed by atoms with Gasteiger partial charge in [0.05, 0.1) is 11.8 Å². The Bertz CT molecular complexity index is 1150. The van der Waals surface area contributed by atoms with Crippen LogP contribution in [0.15, 0.2) is 48.5 Å². The van der Waals surface area contributed by atoms with Crippen LogP contribution in [0.2, 0.25) is 0 Å². The molecule has 4 N–H and O–H groups in total. The maximum Gasteiger partial charge on any atom is 0.250 e. The molecule has 0 bridgehead atoms. The highest BCUT2D eigenvalue weighted by Crippen LogP contribution is 2.53. The van der Waals surface area contributed by atoms with E-state index in [0.29, 0.717) is 17.7 Å². The number of fused-ring (bicyclic) bond motifs is 4. The Morgan fingerprint density at radius 3 is 2.56 bits per heavy atom. The Morgan fingerprint density at radius 2 is 1.84 bits per heavy atom. The average Bonchev–Trinajstić information content (AvgIpc) is 3.32. The van der Waals surface area contributed by atoms with Gasteiger partial charge in [0, 0.05) is 30.3 Å². The highest BCUT2D eigenvalue weighted by Gasteiger charge is 2.70. The predicted octanol–water partition coefficient (Wildman–Crippen LogP) is 0.834. The summed E-state index contributed by atoms with van der Waals surface area (Å²) in [7, 11) is 0. The Hall–Kier alpha value is -3.52. The number of aryl methyl sites for hydroxylation is 1. The van der Waals surface area contributed by atoms with E-state index in [4.69, 9.17) is 5.73 Å². The molecule has 0 aliphatic carbocycles. The van der Waals surface area contributed by atoms with Crippen molar-refractivity contribution in [2.75, 3.05) is 11.9 Å². The number of nitrogens with zero attached hydrogens (tertiary/aromatic N) is 1. The molecule has 164 valence electrons. The lowest BCUT2D eigenvalue weighted by Gasteiger charge is -2.29. The molecule has 0 radical (unpaired) electrons. The van der Waals surface area contributed by atoms with Crippen LogP contribution in [0, 0.1) is 18.8 Å². The van der Waals surface area contributed by atoms with Crippen LogP contribution in [0.25, 0.3) is 0 Å². The number of nitrogens with one attached hydrogen (secondary N) is 2. The minimum Gasteiger partial charge on any atom is -0.370 e. The zero-order chi connectivity index (χ0) is 22.6. The van der Waals surface area contributed by atoms with Crippen molar-refractivity contribution in [3.8, 4) is 0 Å². The Balaban J connectivity index is 1.55. The van der Waals surface area contributed by atoms with Gasteiger partial charge in [-0.3, -0.25) is 29.4 Å². The van der Waals surface area contributed by atoms with Crippen molar-refractivity contribution < 1.29 is 19.2 Å². The number of carbonyl (C=O) groups is 4. The fourth-order valence-corrected chi connectivity index (χ4v) is 5.47. The van der Waals surface area contributed by atoms with Gasteiger partial charge in [-0.1, -0.05) is 48.0 Å². The second-order valence-electron chi connectivity index (χ2n) is 8.80. The number of hydrogen-bond donors (Lipinski definition) is 3. The summed E-state index contributed by atoms with van der Waals surface area (Å²) in [4.78, 5) is 53.4. The highest BCUT2D eigenvalue weighted by molar-refractivity contribution is 6.15. The molecule has 0 saturated carbocycles. The molecule has 0 unspecified atom stereocenters. The van der Waals surface area contributed by atoms with Crippen LogP contribution in [-0.2, 0) is 31.1 Å². The van der Waals surface area contributed by atoms with E-state index < -0.39 is 29.3 Å². The van der Waals surface area contributed by atoms with Gasteiger partial charge in [0.15, 0.2) is 0 Å². The summed E-state index contributed by atoms with van der Waals surface area (Å²) in [6, 6.07) is 14.4. The molecular formula is C24H24N4O4. The number of primary amides is 1. The summed E-state index contributed by atoms with van der Waals surface area (Å²) in [6.45, 7) is 2.12. The van der Waals surface area contributed by atoms with Crippen LogP contribution in [0.1, 0.15) is 23.1 Å². The molecule has 2 aromatic carbocycles. The van der Waals surface area contributed by atoms with E-state index in [-0.39, 0.29) is 30.7 Å². The summed E-state index contributed by atoms with van der Waals surface area (Å²) in [5.41, 5.74) is 7.22. The zero-order valence-electron chi connectivity index (χ0n) is 17.6. The quantitative estimate of drug-likeness (QED) is 0.605. The minimum atomic E-state index is -1.40. The molecule has 2 saturated heterocycles. The summed E-state index contributed by atoms with van der Waals surface area (Å²) in [6.07, 6.45) is 0.378. The van der Waals surface area contributed by atoms with Gasteiger partial charge in [-0.05, 0) is 25.0 Å². The third-order valence-corrected chi connectivity index (χ3v) is 6.85. The summed E-state index contributed by atoms with van der Waals surface area (Å²) < 4.78 is 0. The topological polar surface area (TPSA) is 122 Å². The molecule has 5 rings (SSSR count). The van der Waals surface area contributed by atoms with Gasteiger partial charge >= 0.3 is 0 Å². The van der Waals surface area contributed by atoms with Gasteiger partial charge < -0.3 is 11.1 Å². The van der Waals surface area contributed by atoms with Crippen LogP contribution in [0.3, 0.4) is 0 Å². The average molecular weight is 432 g/mol. The first-order valence-electron chi connectivity index (χ1n) is 10.7. The van der Waals surface area contributed by atoms with Gasteiger partial charge in [0.1, 0.15) is 5.54 Å². The van der Waals surface area contributed by atoms with Crippen molar-refractivity contribution in [1.82, 2.24) is 10.2 Å². The summed E-state index contributed by atoms with van der Waals surface area (Å²) in [5, 5.41) is 6.06. The Kier molecular flexibility index (Phi) is 4.63. The molecule has 8 nitrogen and oxygen atoms in total. The van der Waals surface area contributed by atoms with Gasteiger partial charge in [-0.25, -0.2) is 0 Å². The molecule has 3 heterocycles. The lowest BCUT2D eigenvalue weighted by Crippen LogP contribution is -2.53. The lowest BCUT2D eigenvalue weighted by molar-refractivity contribution is -0.142. The summed E-state index contributed by atoms with van der Waals surface area (Å²) in [5.74, 6) is -3.49. The van der Waals surface area contributed by atoms with E-state index in [2.05, 4.69) is 10.6 Å². The molecule has 2 aromatic rings. The van der Waals surface area contributed by atoms with E-state index in [1.54, 1.807) is 6.07 Å². The fourth-order valence-electron chi connectivity index (χ4n) is 5.47. The van der Waals surface area contributed by atoms with Gasteiger partial charge in [0.2, 0.25) is 23.6 Å². The number of rotatable bonds is 5. The number of anilines is 1. The van der Waals surface area contributed by atoms with E-state index in [9.17, 15) is 19.2 Å². The van der Waals surface area contributed by atoms with Crippen molar-refractivity contribution in [3.63, 3.8) is 0 Å². The van der Waals surface area contributed by atoms with Crippen LogP contribution < -0.4 is 16.4 Å². The van der Waals surface area contributed by atoms with E-state index in [0.717, 1.165) is 11.1 Å². The summed E-state index contributed by atoms with van der Waals surface area (Å²) >= 11 is 0. The van der Waals surface area contributed by atoms with Gasteiger partial charge in [0.25, 0.3) is 0 Å². The van der Waals surface area contributed by atoms with Crippen LogP contribution in [0.4, 0.5) is 5.69 Å². The Labute approximate surface area is 185 Å². The van der Waals surface area contributed by atoms with Crippen LogP contribution in [-0.4, -0.2) is 41.1 Å². The SMILES string of the molecule is Cc1ccc2c(c1)[C@]1(N[C@H](CC(N)=O)[C@H]3C(=O)N(CCc4ccccc4)C(=O)[C@@H]31)C(=O)N2. The van der Waals surface area contributed by atoms with Crippen LogP contribution >= 0.6 is 0 Å². The smallest absolute Gasteiger partial charge is 0.250 e.